The van der Waals surface area contributed by atoms with Gasteiger partial charge < -0.3 is 5.73 Å². The summed E-state index contributed by atoms with van der Waals surface area (Å²) >= 11 is 1.62. The number of fused-ring (bicyclic) bond motifs is 1. The van der Waals surface area contributed by atoms with E-state index in [1.165, 1.54) is 16.3 Å². The predicted octanol–water partition coefficient (Wildman–Crippen LogP) is 4.80. The molecule has 0 unspecified atom stereocenters. The van der Waals surface area contributed by atoms with Gasteiger partial charge in [-0.05, 0) is 16.3 Å². The lowest BCUT2D eigenvalue weighted by atomic mass is 9.92. The topological polar surface area (TPSA) is 51.8 Å². The van der Waals surface area contributed by atoms with E-state index < -0.39 is 0 Å². The number of benzene rings is 2. The van der Waals surface area contributed by atoms with Crippen LogP contribution in [0.2, 0.25) is 0 Å². The molecule has 0 amide bonds. The molecule has 3 aromatic rings. The van der Waals surface area contributed by atoms with E-state index in [4.69, 9.17) is 5.73 Å². The molecule has 2 aromatic carbocycles. The molecule has 118 valence electrons. The normalized spacial score (nSPS) is 11.8. The van der Waals surface area contributed by atoms with Crippen molar-refractivity contribution in [2.45, 2.75) is 37.1 Å². The van der Waals surface area contributed by atoms with Gasteiger partial charge in [-0.2, -0.15) is 0 Å². The van der Waals surface area contributed by atoms with Gasteiger partial charge in [0.2, 0.25) is 0 Å². The molecule has 2 N–H and O–H groups in total. The highest BCUT2D eigenvalue weighted by atomic mass is 32.2. The van der Waals surface area contributed by atoms with Crippen LogP contribution in [0, 0.1) is 0 Å². The van der Waals surface area contributed by atoms with Gasteiger partial charge >= 0.3 is 0 Å². The smallest absolute Gasteiger partial charge is 0.190 e. The van der Waals surface area contributed by atoms with Crippen molar-refractivity contribution in [1.82, 2.24) is 9.97 Å². The number of nitrogen functional groups attached to an aromatic ring is 1. The fourth-order valence-corrected chi connectivity index (χ4v) is 3.18. The van der Waals surface area contributed by atoms with Crippen molar-refractivity contribution in [1.29, 1.82) is 0 Å². The average Bonchev–Trinajstić information content (AvgIpc) is 2.51. The van der Waals surface area contributed by atoms with E-state index in [9.17, 15) is 0 Å². The van der Waals surface area contributed by atoms with Crippen LogP contribution in [0.3, 0.4) is 0 Å². The van der Waals surface area contributed by atoms with Gasteiger partial charge in [0.15, 0.2) is 5.16 Å². The Morgan fingerprint density at radius 1 is 0.957 bits per heavy atom. The molecule has 1 heterocycles. The summed E-state index contributed by atoms with van der Waals surface area (Å²) in [5.74, 6) is 1.36. The Hall–Kier alpha value is -2.07. The van der Waals surface area contributed by atoms with Gasteiger partial charge in [0.05, 0.1) is 5.69 Å². The Morgan fingerprint density at radius 3 is 2.43 bits per heavy atom. The highest BCUT2D eigenvalue weighted by Crippen LogP contribution is 2.27. The standard InChI is InChI=1S/C19H21N3S/c1-19(2,3)16-11-17(20)22-18(21-16)23-12-13-8-9-14-6-4-5-7-15(14)10-13/h4-11H,12H2,1-3H3,(H2,20,21,22). The summed E-state index contributed by atoms with van der Waals surface area (Å²) in [5, 5.41) is 3.26. The second-order valence-corrected chi connectivity index (χ2v) is 7.62. The lowest BCUT2D eigenvalue weighted by Gasteiger charge is -2.18. The minimum Gasteiger partial charge on any atom is -0.384 e. The van der Waals surface area contributed by atoms with Crippen molar-refractivity contribution in [3.05, 3.63) is 59.8 Å². The second kappa shape index (κ2) is 6.20. The first kappa shape index (κ1) is 15.8. The van der Waals surface area contributed by atoms with Gasteiger partial charge in [0.1, 0.15) is 5.82 Å². The first-order valence-electron chi connectivity index (χ1n) is 7.67. The first-order chi connectivity index (χ1) is 10.9. The van der Waals surface area contributed by atoms with E-state index >= 15 is 0 Å². The van der Waals surface area contributed by atoms with Crippen molar-refractivity contribution in [2.75, 3.05) is 5.73 Å². The molecule has 0 aliphatic heterocycles. The third-order valence-electron chi connectivity index (χ3n) is 3.68. The molecule has 23 heavy (non-hydrogen) atoms. The van der Waals surface area contributed by atoms with Crippen LogP contribution >= 0.6 is 11.8 Å². The zero-order chi connectivity index (χ0) is 16.4. The van der Waals surface area contributed by atoms with Gasteiger partial charge in [-0.1, -0.05) is 75.0 Å². The molecule has 3 nitrogen and oxygen atoms in total. The summed E-state index contributed by atoms with van der Waals surface area (Å²) in [7, 11) is 0. The van der Waals surface area contributed by atoms with Gasteiger partial charge in [0, 0.05) is 17.2 Å². The molecule has 0 fully saturated rings. The largest absolute Gasteiger partial charge is 0.384 e. The van der Waals surface area contributed by atoms with Gasteiger partial charge in [0.25, 0.3) is 0 Å². The SMILES string of the molecule is CC(C)(C)c1cc(N)nc(SCc2ccc3ccccc3c2)n1. The zero-order valence-corrected chi connectivity index (χ0v) is 14.5. The number of nitrogens with zero attached hydrogens (tertiary/aromatic N) is 2. The maximum Gasteiger partial charge on any atom is 0.190 e. The number of aromatic nitrogens is 2. The Kier molecular flexibility index (Phi) is 4.26. The van der Waals surface area contributed by atoms with Crippen molar-refractivity contribution in [2.24, 2.45) is 0 Å². The van der Waals surface area contributed by atoms with Gasteiger partial charge in [-0.3, -0.25) is 0 Å². The average molecular weight is 323 g/mol. The van der Waals surface area contributed by atoms with Crippen LogP contribution < -0.4 is 5.73 Å². The Bertz CT molecular complexity index is 837. The van der Waals surface area contributed by atoms with Crippen LogP contribution in [-0.2, 0) is 11.2 Å². The summed E-state index contributed by atoms with van der Waals surface area (Å²) in [6, 6.07) is 16.8. The monoisotopic (exact) mass is 323 g/mol. The fraction of sp³-hybridized carbons (Fsp3) is 0.263. The van der Waals surface area contributed by atoms with Crippen LogP contribution in [0.1, 0.15) is 32.0 Å². The van der Waals surface area contributed by atoms with Crippen molar-refractivity contribution < 1.29 is 0 Å². The van der Waals surface area contributed by atoms with E-state index in [1.54, 1.807) is 11.8 Å². The highest BCUT2D eigenvalue weighted by molar-refractivity contribution is 7.98. The number of anilines is 1. The number of nitrogens with two attached hydrogens (primary N) is 1. The lowest BCUT2D eigenvalue weighted by molar-refractivity contribution is 0.559. The van der Waals surface area contributed by atoms with E-state index in [2.05, 4.69) is 73.2 Å². The second-order valence-electron chi connectivity index (χ2n) is 6.68. The minimum absolute atomic E-state index is 0.0324. The van der Waals surface area contributed by atoms with Crippen LogP contribution in [0.4, 0.5) is 5.82 Å². The maximum absolute atomic E-state index is 5.94. The van der Waals surface area contributed by atoms with E-state index in [1.807, 2.05) is 6.07 Å². The molecular weight excluding hydrogens is 302 g/mol. The molecule has 4 heteroatoms. The minimum atomic E-state index is -0.0324. The first-order valence-corrected chi connectivity index (χ1v) is 8.66. The van der Waals surface area contributed by atoms with Gasteiger partial charge in [-0.25, -0.2) is 9.97 Å². The fourth-order valence-electron chi connectivity index (χ4n) is 2.37. The Labute approximate surface area is 141 Å². The molecule has 0 spiro atoms. The highest BCUT2D eigenvalue weighted by Gasteiger charge is 2.17. The molecule has 3 rings (SSSR count). The lowest BCUT2D eigenvalue weighted by Crippen LogP contribution is -2.15. The molecule has 0 bridgehead atoms. The molecule has 0 saturated carbocycles. The third-order valence-corrected chi connectivity index (χ3v) is 4.59. The summed E-state index contributed by atoms with van der Waals surface area (Å²) in [6.07, 6.45) is 0. The maximum atomic E-state index is 5.94. The number of hydrogen-bond acceptors (Lipinski definition) is 4. The molecule has 0 aliphatic carbocycles. The third kappa shape index (κ3) is 3.82. The van der Waals surface area contributed by atoms with Gasteiger partial charge in [-0.15, -0.1) is 0 Å². The Balaban J connectivity index is 1.80. The molecule has 1 aromatic heterocycles. The Morgan fingerprint density at radius 2 is 1.70 bits per heavy atom. The molecule has 0 aliphatic rings. The van der Waals surface area contributed by atoms with E-state index in [0.717, 1.165) is 16.6 Å². The van der Waals surface area contributed by atoms with Crippen LogP contribution in [-0.4, -0.2) is 9.97 Å². The zero-order valence-electron chi connectivity index (χ0n) is 13.7. The van der Waals surface area contributed by atoms with Crippen LogP contribution in [0.5, 0.6) is 0 Å². The molecule has 0 atom stereocenters. The predicted molar refractivity (Wildman–Crippen MR) is 98.7 cm³/mol. The number of rotatable bonds is 3. The summed E-state index contributed by atoms with van der Waals surface area (Å²) in [4.78, 5) is 9.01. The summed E-state index contributed by atoms with van der Waals surface area (Å²) in [6.45, 7) is 6.39. The quantitative estimate of drug-likeness (QED) is 0.555. The van der Waals surface area contributed by atoms with E-state index in [0.29, 0.717) is 5.82 Å². The number of thioether (sulfide) groups is 1. The van der Waals surface area contributed by atoms with E-state index in [-0.39, 0.29) is 5.41 Å². The van der Waals surface area contributed by atoms with Crippen LogP contribution in [0.15, 0.2) is 53.7 Å². The molecular formula is C19H21N3S. The van der Waals surface area contributed by atoms with Crippen molar-refractivity contribution in [3.8, 4) is 0 Å². The number of hydrogen-bond donors (Lipinski definition) is 1. The summed E-state index contributed by atoms with van der Waals surface area (Å²) in [5.41, 5.74) is 8.14. The van der Waals surface area contributed by atoms with Crippen molar-refractivity contribution >= 4 is 28.4 Å². The molecule has 0 radical (unpaired) electrons. The van der Waals surface area contributed by atoms with Crippen molar-refractivity contribution in [3.63, 3.8) is 0 Å². The van der Waals surface area contributed by atoms with Crippen LogP contribution in [0.25, 0.3) is 10.8 Å². The summed E-state index contributed by atoms with van der Waals surface area (Å²) < 4.78 is 0. The molecule has 0 saturated heterocycles.